The second kappa shape index (κ2) is 5.27. The molecule has 1 aromatic carbocycles. The lowest BCUT2D eigenvalue weighted by molar-refractivity contribution is 0.0696. The van der Waals surface area contributed by atoms with Crippen molar-refractivity contribution in [3.63, 3.8) is 0 Å². The molecule has 0 bridgehead atoms. The Morgan fingerprint density at radius 3 is 1.79 bits per heavy atom. The zero-order chi connectivity index (χ0) is 14.8. The topological polar surface area (TPSA) is 121 Å². The number of hydrogen-bond donors (Lipinski definition) is 3. The van der Waals surface area contributed by atoms with Crippen molar-refractivity contribution in [3.05, 3.63) is 29.3 Å². The van der Waals surface area contributed by atoms with Gasteiger partial charge in [-0.05, 0) is 32.0 Å². The fourth-order valence-electron chi connectivity index (χ4n) is 1.22. The van der Waals surface area contributed by atoms with Crippen LogP contribution in [-0.4, -0.2) is 35.8 Å². The second-order valence-electron chi connectivity index (χ2n) is 4.11. The third-order valence-corrected chi connectivity index (χ3v) is 4.07. The van der Waals surface area contributed by atoms with E-state index in [0.717, 1.165) is 18.2 Å². The van der Waals surface area contributed by atoms with Gasteiger partial charge in [-0.3, -0.25) is 4.72 Å². The number of aromatic carboxylic acids is 2. The molecule has 0 unspecified atom stereocenters. The molecule has 0 amide bonds. The Balaban J connectivity index is 3.29. The van der Waals surface area contributed by atoms with E-state index in [1.807, 2.05) is 0 Å². The van der Waals surface area contributed by atoms with E-state index in [4.69, 9.17) is 10.2 Å². The van der Waals surface area contributed by atoms with Crippen molar-refractivity contribution >= 4 is 27.6 Å². The maximum Gasteiger partial charge on any atom is 0.335 e. The molecule has 8 heteroatoms. The molecule has 104 valence electrons. The Kier molecular flexibility index (Phi) is 4.15. The highest BCUT2D eigenvalue weighted by Gasteiger charge is 2.18. The van der Waals surface area contributed by atoms with Crippen molar-refractivity contribution in [2.75, 3.05) is 4.72 Å². The molecule has 0 aliphatic heterocycles. The second-order valence-corrected chi connectivity index (χ2v) is 6.34. The molecule has 7 nitrogen and oxygen atoms in total. The van der Waals surface area contributed by atoms with Gasteiger partial charge >= 0.3 is 11.9 Å². The fourth-order valence-corrected chi connectivity index (χ4v) is 1.90. The van der Waals surface area contributed by atoms with E-state index in [1.54, 1.807) is 0 Å². The zero-order valence-electron chi connectivity index (χ0n) is 10.2. The Morgan fingerprint density at radius 1 is 1.05 bits per heavy atom. The molecule has 0 saturated heterocycles. The third-order valence-electron chi connectivity index (χ3n) is 2.31. The van der Waals surface area contributed by atoms with Crippen LogP contribution in [0.5, 0.6) is 0 Å². The van der Waals surface area contributed by atoms with Crippen molar-refractivity contribution in [1.82, 2.24) is 0 Å². The minimum absolute atomic E-state index is 0.0917. The van der Waals surface area contributed by atoms with Gasteiger partial charge in [-0.15, -0.1) is 0 Å². The van der Waals surface area contributed by atoms with E-state index in [-0.39, 0.29) is 16.8 Å². The lowest BCUT2D eigenvalue weighted by Crippen LogP contribution is -2.22. The number of nitrogens with one attached hydrogen (secondary N) is 1. The Hall–Kier alpha value is -2.09. The highest BCUT2D eigenvalue weighted by molar-refractivity contribution is 7.93. The van der Waals surface area contributed by atoms with Gasteiger partial charge in [0.2, 0.25) is 10.0 Å². The van der Waals surface area contributed by atoms with Gasteiger partial charge in [-0.1, -0.05) is 0 Å². The maximum atomic E-state index is 11.7. The average Bonchev–Trinajstić information content (AvgIpc) is 2.27. The van der Waals surface area contributed by atoms with Crippen molar-refractivity contribution in [1.29, 1.82) is 0 Å². The monoisotopic (exact) mass is 287 g/mol. The van der Waals surface area contributed by atoms with E-state index in [9.17, 15) is 18.0 Å². The number of hydrogen-bond acceptors (Lipinski definition) is 4. The number of anilines is 1. The number of rotatable bonds is 5. The number of carbonyl (C=O) groups is 2. The summed E-state index contributed by atoms with van der Waals surface area (Å²) in [5.74, 6) is -2.68. The predicted octanol–water partition coefficient (Wildman–Crippen LogP) is 1.23. The Morgan fingerprint density at radius 2 is 1.47 bits per heavy atom. The molecule has 0 spiro atoms. The van der Waals surface area contributed by atoms with Gasteiger partial charge in [0.05, 0.1) is 22.1 Å². The first-order valence-corrected chi connectivity index (χ1v) is 6.81. The molecule has 0 saturated carbocycles. The summed E-state index contributed by atoms with van der Waals surface area (Å²) >= 11 is 0. The Bertz CT molecular complexity index is 588. The molecule has 3 N–H and O–H groups in total. The van der Waals surface area contributed by atoms with Crippen molar-refractivity contribution in [3.8, 4) is 0 Å². The first kappa shape index (κ1) is 15.0. The van der Waals surface area contributed by atoms with E-state index in [0.29, 0.717) is 0 Å². The summed E-state index contributed by atoms with van der Waals surface area (Å²) < 4.78 is 25.5. The minimum atomic E-state index is -3.67. The summed E-state index contributed by atoms with van der Waals surface area (Å²) in [5.41, 5.74) is -0.700. The summed E-state index contributed by atoms with van der Waals surface area (Å²) in [6, 6.07) is 3.08. The van der Waals surface area contributed by atoms with E-state index >= 15 is 0 Å². The number of carboxylic acids is 2. The van der Waals surface area contributed by atoms with Crippen LogP contribution in [0.3, 0.4) is 0 Å². The molecule has 0 aliphatic rings. The van der Waals surface area contributed by atoms with Crippen LogP contribution in [0.15, 0.2) is 18.2 Å². The van der Waals surface area contributed by atoms with E-state index in [2.05, 4.69) is 4.72 Å². The maximum absolute atomic E-state index is 11.7. The lowest BCUT2D eigenvalue weighted by Gasteiger charge is -2.12. The van der Waals surface area contributed by atoms with Gasteiger partial charge in [-0.2, -0.15) is 0 Å². The van der Waals surface area contributed by atoms with Crippen LogP contribution in [-0.2, 0) is 10.0 Å². The summed E-state index contributed by atoms with van der Waals surface area (Å²) in [7, 11) is -3.67. The fraction of sp³-hybridized carbons (Fsp3) is 0.273. The molecule has 0 aromatic heterocycles. The molecule has 0 radical (unpaired) electrons. The van der Waals surface area contributed by atoms with E-state index < -0.39 is 27.2 Å². The van der Waals surface area contributed by atoms with Crippen molar-refractivity contribution < 1.29 is 28.2 Å². The van der Waals surface area contributed by atoms with Crippen LogP contribution in [0.2, 0.25) is 0 Å². The van der Waals surface area contributed by atoms with Gasteiger partial charge in [0.25, 0.3) is 0 Å². The predicted molar refractivity (Wildman–Crippen MR) is 68.0 cm³/mol. The normalized spacial score (nSPS) is 11.3. The van der Waals surface area contributed by atoms with Crippen LogP contribution in [0.1, 0.15) is 34.6 Å². The average molecular weight is 287 g/mol. The minimum Gasteiger partial charge on any atom is -0.478 e. The number of sulfonamides is 1. The van der Waals surface area contributed by atoms with Crippen molar-refractivity contribution in [2.45, 2.75) is 19.1 Å². The summed E-state index contributed by atoms with van der Waals surface area (Å²) in [4.78, 5) is 21.7. The van der Waals surface area contributed by atoms with Crippen molar-refractivity contribution in [2.24, 2.45) is 0 Å². The van der Waals surface area contributed by atoms with Crippen LogP contribution >= 0.6 is 0 Å². The van der Waals surface area contributed by atoms with Crippen LogP contribution in [0.4, 0.5) is 5.69 Å². The molecule has 1 aromatic rings. The SMILES string of the molecule is CC(C)S(=O)(=O)Nc1cc(C(=O)O)cc(C(=O)O)c1. The van der Waals surface area contributed by atoms with Crippen LogP contribution in [0, 0.1) is 0 Å². The van der Waals surface area contributed by atoms with Gasteiger partial charge in [0.15, 0.2) is 0 Å². The molecule has 1 rings (SSSR count). The van der Waals surface area contributed by atoms with Crippen LogP contribution in [0.25, 0.3) is 0 Å². The molecule has 0 aliphatic carbocycles. The largest absolute Gasteiger partial charge is 0.478 e. The molecular weight excluding hydrogens is 274 g/mol. The first-order chi connectivity index (χ1) is 8.63. The zero-order valence-corrected chi connectivity index (χ0v) is 11.1. The number of benzene rings is 1. The third kappa shape index (κ3) is 3.68. The standard InChI is InChI=1S/C11H13NO6S/c1-6(2)19(17,18)12-9-4-7(10(13)14)3-8(5-9)11(15)16/h3-6,12H,1-2H3,(H,13,14)(H,15,16). The van der Waals surface area contributed by atoms with Crippen LogP contribution < -0.4 is 4.72 Å². The molecule has 0 fully saturated rings. The molecule has 0 atom stereocenters. The highest BCUT2D eigenvalue weighted by atomic mass is 32.2. The summed E-state index contributed by atoms with van der Waals surface area (Å²) in [5, 5.41) is 17.0. The van der Waals surface area contributed by atoms with Gasteiger partial charge in [0, 0.05) is 0 Å². The molecule has 19 heavy (non-hydrogen) atoms. The molecule has 0 heterocycles. The van der Waals surface area contributed by atoms with E-state index in [1.165, 1.54) is 13.8 Å². The van der Waals surface area contributed by atoms with Gasteiger partial charge < -0.3 is 10.2 Å². The molecular formula is C11H13NO6S. The highest BCUT2D eigenvalue weighted by Crippen LogP contribution is 2.18. The van der Waals surface area contributed by atoms with Gasteiger partial charge in [0.1, 0.15) is 0 Å². The smallest absolute Gasteiger partial charge is 0.335 e. The summed E-state index contributed by atoms with van der Waals surface area (Å²) in [6.07, 6.45) is 0. The number of carboxylic acid groups (broad SMARTS) is 2. The first-order valence-electron chi connectivity index (χ1n) is 5.27. The summed E-state index contributed by atoms with van der Waals surface area (Å²) in [6.45, 7) is 2.89. The Labute approximate surface area is 109 Å². The quantitative estimate of drug-likeness (QED) is 0.749. The lowest BCUT2D eigenvalue weighted by atomic mass is 10.1. The van der Waals surface area contributed by atoms with Gasteiger partial charge in [-0.25, -0.2) is 18.0 Å².